The molecule has 1 aromatic carbocycles. The minimum Gasteiger partial charge on any atom is -0.424 e. The Bertz CT molecular complexity index is 403. The van der Waals surface area contributed by atoms with Gasteiger partial charge in [-0.2, -0.15) is 4.98 Å². The largest absolute Gasteiger partial charge is 0.424 e. The van der Waals surface area contributed by atoms with E-state index in [4.69, 9.17) is 10.2 Å². The highest BCUT2D eigenvalue weighted by Gasteiger charge is 2.01. The standard InChI is InChI=1S/C7H5FN2O.C2H6.H2/c8-4-1-2-5-6(3-4)11-7(9)10-5;1-2;/h1-3H,(H2,9,10);1-2H3;1H. The molecule has 72 valence electrons. The molecule has 0 saturated heterocycles. The first-order valence-corrected chi connectivity index (χ1v) is 4.07. The number of rotatable bonds is 0. The van der Waals surface area contributed by atoms with Crippen molar-refractivity contribution in [3.8, 4) is 0 Å². The van der Waals surface area contributed by atoms with Gasteiger partial charge in [-0.3, -0.25) is 0 Å². The summed E-state index contributed by atoms with van der Waals surface area (Å²) in [7, 11) is 0. The van der Waals surface area contributed by atoms with Gasteiger partial charge in [0.2, 0.25) is 0 Å². The first-order valence-electron chi connectivity index (χ1n) is 4.07. The molecule has 1 aromatic heterocycles. The number of hydrogen-bond acceptors (Lipinski definition) is 3. The third-order valence-corrected chi connectivity index (χ3v) is 1.37. The first kappa shape index (κ1) is 9.51. The third kappa shape index (κ3) is 1.96. The zero-order valence-corrected chi connectivity index (χ0v) is 7.54. The SMILES string of the molecule is CC.Nc1nc2ccc(F)cc2o1.[HH]. The Morgan fingerprint density at radius 3 is 2.85 bits per heavy atom. The molecule has 13 heavy (non-hydrogen) atoms. The molecule has 0 aliphatic carbocycles. The second kappa shape index (κ2) is 3.89. The van der Waals surface area contributed by atoms with Gasteiger partial charge in [-0.05, 0) is 12.1 Å². The van der Waals surface area contributed by atoms with Crippen molar-refractivity contribution in [1.29, 1.82) is 0 Å². The number of halogens is 1. The van der Waals surface area contributed by atoms with Crippen LogP contribution >= 0.6 is 0 Å². The molecule has 1 heterocycles. The molecule has 0 amide bonds. The van der Waals surface area contributed by atoms with Crippen LogP contribution in [-0.4, -0.2) is 4.98 Å². The van der Waals surface area contributed by atoms with E-state index < -0.39 is 0 Å². The number of aromatic nitrogens is 1. The van der Waals surface area contributed by atoms with E-state index in [1.54, 1.807) is 0 Å². The van der Waals surface area contributed by atoms with Gasteiger partial charge in [-0.1, -0.05) is 13.8 Å². The van der Waals surface area contributed by atoms with Gasteiger partial charge in [0.15, 0.2) is 5.58 Å². The molecule has 2 aromatic rings. The molecular formula is C9H13FN2O. The first-order chi connectivity index (χ1) is 6.25. The normalized spacial score (nSPS) is 9.46. The van der Waals surface area contributed by atoms with Gasteiger partial charge < -0.3 is 10.2 Å². The molecular weight excluding hydrogens is 171 g/mol. The van der Waals surface area contributed by atoms with Crippen molar-refractivity contribution < 1.29 is 10.2 Å². The maximum atomic E-state index is 12.5. The number of nitrogen functional groups attached to an aromatic ring is 1. The number of benzene rings is 1. The van der Waals surface area contributed by atoms with Crippen LogP contribution in [0, 0.1) is 5.82 Å². The van der Waals surface area contributed by atoms with Gasteiger partial charge in [0.25, 0.3) is 6.01 Å². The number of oxazole rings is 1. The molecule has 0 unspecified atom stereocenters. The summed E-state index contributed by atoms with van der Waals surface area (Å²) in [6, 6.07) is 4.14. The second-order valence-corrected chi connectivity index (χ2v) is 2.16. The summed E-state index contributed by atoms with van der Waals surface area (Å²) in [6.45, 7) is 4.00. The van der Waals surface area contributed by atoms with Crippen LogP contribution in [0.4, 0.5) is 10.4 Å². The summed E-state index contributed by atoms with van der Waals surface area (Å²) in [5, 5.41) is 0. The van der Waals surface area contributed by atoms with E-state index >= 15 is 0 Å². The van der Waals surface area contributed by atoms with Crippen molar-refractivity contribution >= 4 is 17.1 Å². The molecule has 2 rings (SSSR count). The minimum absolute atomic E-state index is 0. The van der Waals surface area contributed by atoms with Crippen molar-refractivity contribution in [3.05, 3.63) is 24.0 Å². The lowest BCUT2D eigenvalue weighted by Gasteiger charge is -1.84. The van der Waals surface area contributed by atoms with Crippen molar-refractivity contribution in [2.75, 3.05) is 5.73 Å². The van der Waals surface area contributed by atoms with Gasteiger partial charge in [0, 0.05) is 7.49 Å². The van der Waals surface area contributed by atoms with E-state index in [1.807, 2.05) is 13.8 Å². The van der Waals surface area contributed by atoms with Gasteiger partial charge in [0.05, 0.1) is 0 Å². The molecule has 2 N–H and O–H groups in total. The Kier molecular flexibility index (Phi) is 2.84. The Labute approximate surface area is 76.9 Å². The van der Waals surface area contributed by atoms with E-state index in [0.717, 1.165) is 0 Å². The molecule has 0 atom stereocenters. The van der Waals surface area contributed by atoms with Gasteiger partial charge in [-0.15, -0.1) is 0 Å². The molecule has 0 radical (unpaired) electrons. The summed E-state index contributed by atoms with van der Waals surface area (Å²) < 4.78 is 17.4. The highest BCUT2D eigenvalue weighted by Crippen LogP contribution is 2.16. The van der Waals surface area contributed by atoms with E-state index in [2.05, 4.69) is 4.98 Å². The fraction of sp³-hybridized carbons (Fsp3) is 0.222. The molecule has 0 spiro atoms. The molecule has 0 fully saturated rings. The molecule has 4 heteroatoms. The lowest BCUT2D eigenvalue weighted by atomic mass is 10.3. The van der Waals surface area contributed by atoms with Gasteiger partial charge in [-0.25, -0.2) is 4.39 Å². The molecule has 3 nitrogen and oxygen atoms in total. The maximum Gasteiger partial charge on any atom is 0.292 e. The lowest BCUT2D eigenvalue weighted by Crippen LogP contribution is -1.80. The van der Waals surface area contributed by atoms with Gasteiger partial charge >= 0.3 is 0 Å². The topological polar surface area (TPSA) is 52.0 Å². The predicted molar refractivity (Wildman–Crippen MR) is 51.8 cm³/mol. The Balaban J connectivity index is 0.000000531. The van der Waals surface area contributed by atoms with Crippen LogP contribution in [0.25, 0.3) is 11.1 Å². The number of hydrogen-bond donors (Lipinski definition) is 1. The summed E-state index contributed by atoms with van der Waals surface area (Å²) in [4.78, 5) is 3.80. The lowest BCUT2D eigenvalue weighted by molar-refractivity contribution is 0.606. The van der Waals surface area contributed by atoms with Crippen LogP contribution in [0.15, 0.2) is 22.6 Å². The van der Waals surface area contributed by atoms with Crippen molar-refractivity contribution in [2.45, 2.75) is 13.8 Å². The molecule has 0 aliphatic rings. The third-order valence-electron chi connectivity index (χ3n) is 1.37. The number of nitrogens with zero attached hydrogens (tertiary/aromatic N) is 1. The van der Waals surface area contributed by atoms with Crippen LogP contribution in [0.5, 0.6) is 0 Å². The van der Waals surface area contributed by atoms with E-state index in [9.17, 15) is 4.39 Å². The monoisotopic (exact) mass is 184 g/mol. The molecule has 0 bridgehead atoms. The zero-order chi connectivity index (χ0) is 9.84. The second-order valence-electron chi connectivity index (χ2n) is 2.16. The smallest absolute Gasteiger partial charge is 0.292 e. The van der Waals surface area contributed by atoms with Crippen LogP contribution in [0.2, 0.25) is 0 Å². The fourth-order valence-electron chi connectivity index (χ4n) is 0.916. The van der Waals surface area contributed by atoms with Crippen molar-refractivity contribution in [2.24, 2.45) is 0 Å². The number of nitrogens with two attached hydrogens (primary N) is 1. The van der Waals surface area contributed by atoms with E-state index in [0.29, 0.717) is 11.1 Å². The Morgan fingerprint density at radius 2 is 2.15 bits per heavy atom. The Hall–Kier alpha value is -1.58. The van der Waals surface area contributed by atoms with E-state index in [-0.39, 0.29) is 13.3 Å². The minimum atomic E-state index is -0.353. The van der Waals surface area contributed by atoms with Crippen molar-refractivity contribution in [1.82, 2.24) is 4.98 Å². The fourth-order valence-corrected chi connectivity index (χ4v) is 0.916. The number of fused-ring (bicyclic) bond motifs is 1. The highest BCUT2D eigenvalue weighted by atomic mass is 19.1. The average molecular weight is 184 g/mol. The van der Waals surface area contributed by atoms with Gasteiger partial charge in [0.1, 0.15) is 11.3 Å². The summed E-state index contributed by atoms with van der Waals surface area (Å²) >= 11 is 0. The maximum absolute atomic E-state index is 12.5. The Morgan fingerprint density at radius 1 is 1.46 bits per heavy atom. The highest BCUT2D eigenvalue weighted by molar-refractivity contribution is 5.73. The quantitative estimate of drug-likeness (QED) is 0.684. The zero-order valence-electron chi connectivity index (χ0n) is 7.54. The number of anilines is 1. The van der Waals surface area contributed by atoms with E-state index in [1.165, 1.54) is 18.2 Å². The average Bonchev–Trinajstić information content (AvgIpc) is 2.48. The summed E-state index contributed by atoms with van der Waals surface area (Å²) in [5.74, 6) is -0.353. The van der Waals surface area contributed by atoms with Crippen molar-refractivity contribution in [3.63, 3.8) is 0 Å². The van der Waals surface area contributed by atoms with Crippen LogP contribution in [0.1, 0.15) is 15.3 Å². The predicted octanol–water partition coefficient (Wildman–Crippen LogP) is 2.82. The summed E-state index contributed by atoms with van der Waals surface area (Å²) in [5.41, 5.74) is 6.19. The van der Waals surface area contributed by atoms with Crippen LogP contribution in [0.3, 0.4) is 0 Å². The summed E-state index contributed by atoms with van der Waals surface area (Å²) in [6.07, 6.45) is 0. The molecule has 0 aliphatic heterocycles. The molecule has 0 saturated carbocycles. The van der Waals surface area contributed by atoms with Crippen LogP contribution < -0.4 is 5.73 Å². The van der Waals surface area contributed by atoms with Crippen LogP contribution in [-0.2, 0) is 0 Å².